The van der Waals surface area contributed by atoms with Crippen molar-refractivity contribution in [3.05, 3.63) is 23.3 Å². The second-order valence-corrected chi connectivity index (χ2v) is 5.33. The molecule has 2 rings (SSSR count). The second-order valence-electron chi connectivity index (χ2n) is 5.33. The Morgan fingerprint density at radius 3 is 2.70 bits per heavy atom. The van der Waals surface area contributed by atoms with Gasteiger partial charge in [0, 0.05) is 11.1 Å². The number of ether oxygens (including phenoxy) is 1. The molecule has 4 nitrogen and oxygen atoms in total. The summed E-state index contributed by atoms with van der Waals surface area (Å²) >= 11 is 0. The highest BCUT2D eigenvalue weighted by Gasteiger charge is 2.30. The summed E-state index contributed by atoms with van der Waals surface area (Å²) in [5.41, 5.74) is 0.877. The zero-order valence-electron chi connectivity index (χ0n) is 11.9. The minimum Gasteiger partial charge on any atom is -0.504 e. The van der Waals surface area contributed by atoms with Gasteiger partial charge >= 0.3 is 0 Å². The average molecular weight is 278 g/mol. The first-order valence-electron chi connectivity index (χ1n) is 7.34. The summed E-state index contributed by atoms with van der Waals surface area (Å²) in [7, 11) is 0. The minimum absolute atomic E-state index is 0.0861. The van der Waals surface area contributed by atoms with Crippen LogP contribution in [0.25, 0.3) is 0 Å². The summed E-state index contributed by atoms with van der Waals surface area (Å²) in [5.74, 6) is -0.535. The molecule has 1 aromatic carbocycles. The number of unbranched alkanes of at least 4 members (excludes halogenated alkanes) is 4. The third kappa shape index (κ3) is 3.12. The summed E-state index contributed by atoms with van der Waals surface area (Å²) < 4.78 is 5.54. The number of hydrogen-bond acceptors (Lipinski definition) is 4. The maximum Gasteiger partial charge on any atom is 0.192 e. The minimum atomic E-state index is -0.409. The molecule has 0 unspecified atom stereocenters. The van der Waals surface area contributed by atoms with E-state index < -0.39 is 6.10 Å². The van der Waals surface area contributed by atoms with Crippen molar-refractivity contribution in [2.75, 3.05) is 0 Å². The Morgan fingerprint density at radius 2 is 1.95 bits per heavy atom. The number of aromatic hydroxyl groups is 2. The van der Waals surface area contributed by atoms with Crippen molar-refractivity contribution in [3.8, 4) is 11.5 Å². The fourth-order valence-corrected chi connectivity index (χ4v) is 2.58. The Kier molecular flexibility index (Phi) is 5.01. The van der Waals surface area contributed by atoms with Gasteiger partial charge in [-0.3, -0.25) is 4.79 Å². The number of phenolic OH excluding ortho intramolecular Hbond substituents is 2. The highest BCUT2D eigenvalue weighted by atomic mass is 16.5. The van der Waals surface area contributed by atoms with E-state index in [9.17, 15) is 15.0 Å². The van der Waals surface area contributed by atoms with Crippen LogP contribution in [0.4, 0.5) is 0 Å². The lowest BCUT2D eigenvalue weighted by Gasteiger charge is -2.24. The Bertz CT molecular complexity index is 482. The molecule has 1 aliphatic rings. The molecule has 1 atom stereocenters. The number of rotatable bonds is 6. The van der Waals surface area contributed by atoms with Gasteiger partial charge in [0.15, 0.2) is 17.3 Å². The predicted octanol–water partition coefficient (Wildman–Crippen LogP) is 3.54. The van der Waals surface area contributed by atoms with Gasteiger partial charge in [-0.15, -0.1) is 0 Å². The Hall–Kier alpha value is -1.55. The predicted molar refractivity (Wildman–Crippen MR) is 76.1 cm³/mol. The molecule has 0 aliphatic carbocycles. The number of ketones is 1. The van der Waals surface area contributed by atoms with Crippen molar-refractivity contribution >= 4 is 5.78 Å². The quantitative estimate of drug-likeness (QED) is 0.617. The molecule has 110 valence electrons. The van der Waals surface area contributed by atoms with Crippen LogP contribution in [0.3, 0.4) is 0 Å². The molecule has 0 bridgehead atoms. The van der Waals surface area contributed by atoms with Gasteiger partial charge in [-0.05, 0) is 18.6 Å². The largest absolute Gasteiger partial charge is 0.504 e. The molecule has 0 aromatic heterocycles. The van der Waals surface area contributed by atoms with Gasteiger partial charge in [0.25, 0.3) is 0 Å². The SMILES string of the molecule is CCCCCCC[C@H]1OCc2c(ccc(O)c2O)C1=O. The zero-order chi connectivity index (χ0) is 14.5. The Morgan fingerprint density at radius 1 is 1.20 bits per heavy atom. The lowest BCUT2D eigenvalue weighted by atomic mass is 9.94. The maximum atomic E-state index is 12.3. The highest BCUT2D eigenvalue weighted by Crippen LogP contribution is 2.35. The monoisotopic (exact) mass is 278 g/mol. The molecule has 0 fully saturated rings. The molecule has 0 spiro atoms. The van der Waals surface area contributed by atoms with Crippen LogP contribution in [0.15, 0.2) is 12.1 Å². The van der Waals surface area contributed by atoms with Crippen molar-refractivity contribution in [3.63, 3.8) is 0 Å². The number of carbonyl (C=O) groups excluding carboxylic acids is 1. The lowest BCUT2D eigenvalue weighted by Crippen LogP contribution is -2.30. The van der Waals surface area contributed by atoms with Crippen molar-refractivity contribution in [1.82, 2.24) is 0 Å². The van der Waals surface area contributed by atoms with Gasteiger partial charge in [0.2, 0.25) is 0 Å². The van der Waals surface area contributed by atoms with Gasteiger partial charge in [-0.2, -0.15) is 0 Å². The summed E-state index contributed by atoms with van der Waals surface area (Å²) in [4.78, 5) is 12.3. The average Bonchev–Trinajstić information content (AvgIpc) is 2.45. The standard InChI is InChI=1S/C16H22O4/c1-2-3-4-5-6-7-14-16(19)11-8-9-13(17)15(18)12(11)10-20-14/h8-9,14,17-18H,2-7,10H2,1H3/t14-/m1/s1. The van der Waals surface area contributed by atoms with Crippen LogP contribution in [0, 0.1) is 0 Å². The number of benzene rings is 1. The van der Waals surface area contributed by atoms with Gasteiger partial charge < -0.3 is 14.9 Å². The Labute approximate surface area is 119 Å². The van der Waals surface area contributed by atoms with Crippen LogP contribution >= 0.6 is 0 Å². The van der Waals surface area contributed by atoms with Gasteiger partial charge in [0.05, 0.1) is 6.61 Å². The lowest BCUT2D eigenvalue weighted by molar-refractivity contribution is 0.0211. The first kappa shape index (κ1) is 14.9. The van der Waals surface area contributed by atoms with Crippen molar-refractivity contribution in [1.29, 1.82) is 0 Å². The third-order valence-corrected chi connectivity index (χ3v) is 3.82. The summed E-state index contributed by atoms with van der Waals surface area (Å²) in [6, 6.07) is 2.93. The van der Waals surface area contributed by atoms with E-state index in [4.69, 9.17) is 4.74 Å². The van der Waals surface area contributed by atoms with Gasteiger partial charge in [-0.1, -0.05) is 39.0 Å². The van der Waals surface area contributed by atoms with E-state index in [0.717, 1.165) is 19.3 Å². The van der Waals surface area contributed by atoms with E-state index in [2.05, 4.69) is 6.92 Å². The van der Waals surface area contributed by atoms with Crippen LogP contribution in [-0.2, 0) is 11.3 Å². The molecule has 0 saturated heterocycles. The number of hydrogen-bond donors (Lipinski definition) is 2. The summed E-state index contributed by atoms with van der Waals surface area (Å²) in [5, 5.41) is 19.2. The van der Waals surface area contributed by atoms with Crippen LogP contribution in [0.1, 0.15) is 61.4 Å². The van der Waals surface area contributed by atoms with E-state index in [-0.39, 0.29) is 23.9 Å². The Balaban J connectivity index is 1.96. The van der Waals surface area contributed by atoms with Crippen LogP contribution < -0.4 is 0 Å². The topological polar surface area (TPSA) is 66.8 Å². The number of carbonyl (C=O) groups is 1. The van der Waals surface area contributed by atoms with Crippen LogP contribution in [0.2, 0.25) is 0 Å². The highest BCUT2D eigenvalue weighted by molar-refractivity contribution is 6.02. The molecule has 1 aromatic rings. The van der Waals surface area contributed by atoms with E-state index >= 15 is 0 Å². The van der Waals surface area contributed by atoms with Crippen LogP contribution in [0.5, 0.6) is 11.5 Å². The van der Waals surface area contributed by atoms with Crippen molar-refractivity contribution in [2.24, 2.45) is 0 Å². The van der Waals surface area contributed by atoms with E-state index in [1.54, 1.807) is 6.07 Å². The second kappa shape index (κ2) is 6.75. The van der Waals surface area contributed by atoms with Gasteiger partial charge in [-0.25, -0.2) is 0 Å². The van der Waals surface area contributed by atoms with E-state index in [1.807, 2.05) is 0 Å². The first-order chi connectivity index (χ1) is 9.65. The summed E-state index contributed by atoms with van der Waals surface area (Å²) in [6.45, 7) is 2.35. The fourth-order valence-electron chi connectivity index (χ4n) is 2.58. The normalized spacial score (nSPS) is 18.1. The van der Waals surface area contributed by atoms with Crippen molar-refractivity contribution < 1.29 is 19.7 Å². The molecular weight excluding hydrogens is 256 g/mol. The van der Waals surface area contributed by atoms with E-state index in [0.29, 0.717) is 11.1 Å². The molecule has 4 heteroatoms. The molecule has 2 N–H and O–H groups in total. The number of Topliss-reactive ketones (excluding diaryl/α,β-unsaturated/α-hetero) is 1. The molecule has 0 amide bonds. The van der Waals surface area contributed by atoms with Crippen LogP contribution in [-0.4, -0.2) is 22.1 Å². The fraction of sp³-hybridized carbons (Fsp3) is 0.562. The van der Waals surface area contributed by atoms with E-state index in [1.165, 1.54) is 25.3 Å². The maximum absolute atomic E-state index is 12.3. The zero-order valence-corrected chi connectivity index (χ0v) is 11.9. The number of phenols is 2. The molecule has 0 saturated carbocycles. The first-order valence-corrected chi connectivity index (χ1v) is 7.34. The third-order valence-electron chi connectivity index (χ3n) is 3.82. The molecule has 0 radical (unpaired) electrons. The van der Waals surface area contributed by atoms with Gasteiger partial charge in [0.1, 0.15) is 6.10 Å². The summed E-state index contributed by atoms with van der Waals surface area (Å²) in [6.07, 6.45) is 6.05. The molecule has 1 heterocycles. The molecule has 20 heavy (non-hydrogen) atoms. The molecular formula is C16H22O4. The molecule has 1 aliphatic heterocycles. The number of fused-ring (bicyclic) bond motifs is 1. The smallest absolute Gasteiger partial charge is 0.192 e. The van der Waals surface area contributed by atoms with Crippen molar-refractivity contribution in [2.45, 2.75) is 58.2 Å².